The lowest BCUT2D eigenvalue weighted by molar-refractivity contribution is -0.165. The molecule has 0 saturated heterocycles. The van der Waals surface area contributed by atoms with Gasteiger partial charge in [-0.05, 0) is 54.4 Å². The molecule has 6 nitrogen and oxygen atoms in total. The third-order valence-electron chi connectivity index (χ3n) is 6.15. The van der Waals surface area contributed by atoms with Crippen molar-refractivity contribution >= 4 is 17.7 Å². The molecular weight excluding hydrogens is 348 g/mol. The van der Waals surface area contributed by atoms with Crippen molar-refractivity contribution in [2.24, 2.45) is 35.5 Å². The van der Waals surface area contributed by atoms with Crippen LogP contribution in [0.1, 0.15) is 16.8 Å². The fraction of sp³-hybridized carbons (Fsp3) is 0.476. The molecule has 27 heavy (non-hydrogen) atoms. The van der Waals surface area contributed by atoms with Gasteiger partial charge in [0.2, 0.25) is 0 Å². The van der Waals surface area contributed by atoms with Gasteiger partial charge < -0.3 is 14.2 Å². The fourth-order valence-corrected chi connectivity index (χ4v) is 4.75. The van der Waals surface area contributed by atoms with E-state index in [0.29, 0.717) is 23.1 Å². The van der Waals surface area contributed by atoms with E-state index in [2.05, 4.69) is 0 Å². The number of Topliss-reactive ketones (excluding diaryl/α,β-unsaturated/α-hetero) is 1. The fourth-order valence-electron chi connectivity index (χ4n) is 4.75. The predicted molar refractivity (Wildman–Crippen MR) is 95.0 cm³/mol. The molecule has 1 aromatic carbocycles. The molecule has 0 radical (unpaired) electrons. The number of methoxy groups -OCH3 is 2. The Morgan fingerprint density at radius 3 is 2.07 bits per heavy atom. The van der Waals surface area contributed by atoms with Crippen molar-refractivity contribution < 1.29 is 28.6 Å². The Kier molecular flexibility index (Phi) is 4.50. The first-order chi connectivity index (χ1) is 13.0. The maximum Gasteiger partial charge on any atom is 0.310 e. The molecule has 0 N–H and O–H groups in total. The Hall–Kier alpha value is -2.63. The first-order valence-corrected chi connectivity index (χ1v) is 9.15. The molecule has 0 spiro atoms. The second kappa shape index (κ2) is 6.83. The summed E-state index contributed by atoms with van der Waals surface area (Å²) in [4.78, 5) is 37.4. The van der Waals surface area contributed by atoms with Crippen LogP contribution in [0.15, 0.2) is 36.4 Å². The van der Waals surface area contributed by atoms with Crippen molar-refractivity contribution in [3.8, 4) is 5.75 Å². The van der Waals surface area contributed by atoms with E-state index in [4.69, 9.17) is 14.2 Å². The third kappa shape index (κ3) is 3.03. The molecule has 142 valence electrons. The van der Waals surface area contributed by atoms with Crippen LogP contribution in [0.5, 0.6) is 5.75 Å². The molecule has 0 heterocycles. The van der Waals surface area contributed by atoms with E-state index in [1.807, 2.05) is 12.2 Å². The van der Waals surface area contributed by atoms with E-state index in [-0.39, 0.29) is 30.2 Å². The summed E-state index contributed by atoms with van der Waals surface area (Å²) in [6.07, 6.45) is 5.12. The molecule has 0 aromatic heterocycles. The number of ketones is 1. The first kappa shape index (κ1) is 17.8. The molecule has 2 saturated carbocycles. The maximum atomic E-state index is 12.8. The van der Waals surface area contributed by atoms with Gasteiger partial charge >= 0.3 is 11.9 Å². The highest BCUT2D eigenvalue weighted by atomic mass is 16.5. The summed E-state index contributed by atoms with van der Waals surface area (Å²) >= 11 is 0. The molecule has 6 atom stereocenters. The summed E-state index contributed by atoms with van der Waals surface area (Å²) < 4.78 is 15.4. The van der Waals surface area contributed by atoms with Crippen LogP contribution in [-0.2, 0) is 19.1 Å². The number of carbonyl (C=O) groups is 3. The summed E-state index contributed by atoms with van der Waals surface area (Å²) in [7, 11) is 2.89. The summed E-state index contributed by atoms with van der Waals surface area (Å²) in [6.45, 7) is -0.343. The number of hydrogen-bond donors (Lipinski definition) is 0. The van der Waals surface area contributed by atoms with Crippen molar-refractivity contribution in [1.82, 2.24) is 0 Å². The lowest BCUT2D eigenvalue weighted by atomic mass is 9.62. The van der Waals surface area contributed by atoms with Gasteiger partial charge in [-0.2, -0.15) is 0 Å². The largest absolute Gasteiger partial charge is 0.497 e. The highest BCUT2D eigenvalue weighted by molar-refractivity contribution is 5.98. The zero-order valence-electron chi connectivity index (χ0n) is 15.3. The van der Waals surface area contributed by atoms with Crippen LogP contribution >= 0.6 is 0 Å². The number of fused-ring (bicyclic) bond motifs is 1. The van der Waals surface area contributed by atoms with Crippen LogP contribution in [0.2, 0.25) is 0 Å². The van der Waals surface area contributed by atoms with Gasteiger partial charge in [-0.25, -0.2) is 0 Å². The molecule has 4 aliphatic carbocycles. The van der Waals surface area contributed by atoms with E-state index in [0.717, 1.165) is 6.42 Å². The van der Waals surface area contributed by atoms with Gasteiger partial charge in [0.1, 0.15) is 5.75 Å². The van der Waals surface area contributed by atoms with Crippen molar-refractivity contribution in [3.63, 3.8) is 0 Å². The van der Waals surface area contributed by atoms with Crippen molar-refractivity contribution in [2.45, 2.75) is 6.42 Å². The number of hydrogen-bond acceptors (Lipinski definition) is 6. The van der Waals surface area contributed by atoms with Crippen molar-refractivity contribution in [3.05, 3.63) is 42.0 Å². The van der Waals surface area contributed by atoms with Gasteiger partial charge in [-0.15, -0.1) is 0 Å². The smallest absolute Gasteiger partial charge is 0.310 e. The molecule has 0 amide bonds. The highest BCUT2D eigenvalue weighted by Gasteiger charge is 2.63. The predicted octanol–water partition coefficient (Wildman–Crippen LogP) is 2.28. The normalized spacial score (nSPS) is 32.4. The Bertz CT molecular complexity index is 795. The number of rotatable bonds is 6. The third-order valence-corrected chi connectivity index (χ3v) is 6.15. The maximum absolute atomic E-state index is 12.8. The van der Waals surface area contributed by atoms with Crippen LogP contribution in [0.25, 0.3) is 0 Å². The van der Waals surface area contributed by atoms with E-state index >= 15 is 0 Å². The molecule has 4 aliphatic rings. The number of benzene rings is 1. The van der Waals surface area contributed by atoms with Gasteiger partial charge in [0.05, 0.1) is 26.1 Å². The molecule has 2 bridgehead atoms. The molecule has 0 aliphatic heterocycles. The summed E-state index contributed by atoms with van der Waals surface area (Å²) in [5.41, 5.74) is 0.445. The molecule has 0 unspecified atom stereocenters. The molecule has 5 rings (SSSR count). The zero-order chi connectivity index (χ0) is 19.1. The Balaban J connectivity index is 1.44. The molecule has 2 fully saturated rings. The van der Waals surface area contributed by atoms with Crippen molar-refractivity contribution in [2.75, 3.05) is 20.8 Å². The lowest BCUT2D eigenvalue weighted by Gasteiger charge is -2.41. The monoisotopic (exact) mass is 370 g/mol. The molecule has 1 aromatic rings. The highest BCUT2D eigenvalue weighted by Crippen LogP contribution is 2.63. The molecular formula is C21H22O6. The number of esters is 2. The van der Waals surface area contributed by atoms with Crippen LogP contribution in [0, 0.1) is 35.5 Å². The van der Waals surface area contributed by atoms with E-state index in [9.17, 15) is 14.4 Å². The Labute approximate surface area is 157 Å². The topological polar surface area (TPSA) is 78.9 Å². The van der Waals surface area contributed by atoms with E-state index in [1.165, 1.54) is 7.11 Å². The quantitative estimate of drug-likeness (QED) is 0.434. The average molecular weight is 370 g/mol. The second-order valence-electron chi connectivity index (χ2n) is 7.44. The summed E-state index contributed by atoms with van der Waals surface area (Å²) in [6, 6.07) is 6.62. The summed E-state index contributed by atoms with van der Waals surface area (Å²) in [5, 5.41) is 0. The minimum atomic E-state index is -0.570. The minimum Gasteiger partial charge on any atom is -0.497 e. The average Bonchev–Trinajstić information content (AvgIpc) is 3.53. The van der Waals surface area contributed by atoms with Gasteiger partial charge in [0, 0.05) is 5.56 Å². The van der Waals surface area contributed by atoms with Crippen LogP contribution in [-0.4, -0.2) is 38.5 Å². The SMILES string of the molecule is COC(=O)[C@@H]1[C@@H]2C=C[C@@H]([C@@H]3C[C@H]23)[C@@H]1C(=O)OCC(=O)c1ccc(OC)cc1. The van der Waals surface area contributed by atoms with E-state index in [1.54, 1.807) is 31.4 Å². The molecule has 6 heteroatoms. The van der Waals surface area contributed by atoms with Gasteiger partial charge in [-0.1, -0.05) is 12.2 Å². The lowest BCUT2D eigenvalue weighted by Crippen LogP contribution is -2.47. The van der Waals surface area contributed by atoms with E-state index < -0.39 is 17.8 Å². The summed E-state index contributed by atoms with van der Waals surface area (Å²) in [5.74, 6) is -0.660. The standard InChI is InChI=1S/C21H22O6/c1-25-12-5-3-11(4-6-12)17(22)10-27-21(24)19-14-8-7-13(15-9-16(14)15)18(19)20(23)26-2/h3-8,13-16,18-19H,9-10H2,1-2H3/t13-,14+,15-,16+,18-,19+/m1/s1. The second-order valence-corrected chi connectivity index (χ2v) is 7.44. The van der Waals surface area contributed by atoms with Crippen LogP contribution in [0.3, 0.4) is 0 Å². The first-order valence-electron chi connectivity index (χ1n) is 9.15. The van der Waals surface area contributed by atoms with Gasteiger partial charge in [-0.3, -0.25) is 14.4 Å². The number of allylic oxidation sites excluding steroid dienone is 2. The van der Waals surface area contributed by atoms with Gasteiger partial charge in [0.25, 0.3) is 0 Å². The minimum absolute atomic E-state index is 0.00677. The van der Waals surface area contributed by atoms with Gasteiger partial charge in [0.15, 0.2) is 12.4 Å². The zero-order valence-corrected chi connectivity index (χ0v) is 15.3. The van der Waals surface area contributed by atoms with Crippen LogP contribution < -0.4 is 4.74 Å². The number of carbonyl (C=O) groups excluding carboxylic acids is 3. The Morgan fingerprint density at radius 1 is 0.926 bits per heavy atom. The Morgan fingerprint density at radius 2 is 1.52 bits per heavy atom. The van der Waals surface area contributed by atoms with Crippen molar-refractivity contribution in [1.29, 1.82) is 0 Å². The number of ether oxygens (including phenoxy) is 3. The van der Waals surface area contributed by atoms with Crippen LogP contribution in [0.4, 0.5) is 0 Å².